The topological polar surface area (TPSA) is 43.4 Å². The lowest BCUT2D eigenvalue weighted by Gasteiger charge is -2.15. The fourth-order valence-electron chi connectivity index (χ4n) is 2.35. The van der Waals surface area contributed by atoms with Gasteiger partial charge in [-0.25, -0.2) is 0 Å². The van der Waals surface area contributed by atoms with Crippen LogP contribution in [-0.2, 0) is 13.0 Å². The lowest BCUT2D eigenvalue weighted by atomic mass is 10.1. The molecule has 0 amide bonds. The van der Waals surface area contributed by atoms with E-state index in [-0.39, 0.29) is 6.54 Å². The molecule has 4 nitrogen and oxygen atoms in total. The largest absolute Gasteiger partial charge is 0.493 e. The second-order valence-electron chi connectivity index (χ2n) is 5.03. The van der Waals surface area contributed by atoms with Gasteiger partial charge in [0.25, 0.3) is 11.9 Å². The molecule has 8 heteroatoms. The lowest BCUT2D eigenvalue weighted by molar-refractivity contribution is 0.352. The van der Waals surface area contributed by atoms with E-state index in [2.05, 4.69) is 16.9 Å². The summed E-state index contributed by atoms with van der Waals surface area (Å²) in [5, 5.41) is 2.35. The van der Waals surface area contributed by atoms with Crippen LogP contribution in [0.2, 0.25) is 0 Å². The number of pyridine rings is 1. The first kappa shape index (κ1) is 18.6. The van der Waals surface area contributed by atoms with Crippen molar-refractivity contribution in [1.82, 2.24) is 4.98 Å². The molecule has 0 unspecified atom stereocenters. The summed E-state index contributed by atoms with van der Waals surface area (Å²) >= 11 is 0. The second-order valence-corrected chi connectivity index (χ2v) is 5.03. The molecule has 0 radical (unpaired) electrons. The molecule has 1 N–H and O–H groups in total. The second kappa shape index (κ2) is 7.87. The molecule has 0 bridgehead atoms. The number of benzene rings is 1. The molecular formula is C17H16F4N2O2. The highest BCUT2D eigenvalue weighted by Gasteiger charge is 2.21. The van der Waals surface area contributed by atoms with Crippen molar-refractivity contribution in [2.24, 2.45) is 0 Å². The standard InChI is InChI=1S/C17H16F4N2O2/c1-4-5-10-6-9(7-11(24-2)15(10)25-3)8-22-14-12(18)16(20)23-17(21)13(14)19/h4,6-7H,1,5,8H2,2-3H3,(H,22,23). The summed E-state index contributed by atoms with van der Waals surface area (Å²) < 4.78 is 64.1. The lowest BCUT2D eigenvalue weighted by Crippen LogP contribution is -2.10. The Morgan fingerprint density at radius 3 is 2.24 bits per heavy atom. The van der Waals surface area contributed by atoms with E-state index >= 15 is 0 Å². The van der Waals surface area contributed by atoms with Crippen LogP contribution in [0.25, 0.3) is 0 Å². The maximum Gasteiger partial charge on any atom is 0.253 e. The highest BCUT2D eigenvalue weighted by atomic mass is 19.2. The van der Waals surface area contributed by atoms with E-state index in [4.69, 9.17) is 9.47 Å². The third kappa shape index (κ3) is 3.84. The Morgan fingerprint density at radius 2 is 1.72 bits per heavy atom. The van der Waals surface area contributed by atoms with Crippen LogP contribution < -0.4 is 14.8 Å². The van der Waals surface area contributed by atoms with Gasteiger partial charge in [0.05, 0.1) is 14.2 Å². The van der Waals surface area contributed by atoms with Crippen LogP contribution in [0.15, 0.2) is 24.8 Å². The zero-order valence-corrected chi connectivity index (χ0v) is 13.6. The van der Waals surface area contributed by atoms with Crippen molar-refractivity contribution in [3.8, 4) is 11.5 Å². The average molecular weight is 356 g/mol. The number of allylic oxidation sites excluding steroid dienone is 1. The van der Waals surface area contributed by atoms with Gasteiger partial charge < -0.3 is 14.8 Å². The molecule has 0 aliphatic carbocycles. The summed E-state index contributed by atoms with van der Waals surface area (Å²) in [5.74, 6) is -5.71. The van der Waals surface area contributed by atoms with E-state index in [1.54, 1.807) is 18.2 Å². The fourth-order valence-corrected chi connectivity index (χ4v) is 2.35. The number of anilines is 1. The van der Waals surface area contributed by atoms with Crippen molar-refractivity contribution in [2.75, 3.05) is 19.5 Å². The van der Waals surface area contributed by atoms with Gasteiger partial charge in [-0.1, -0.05) is 6.08 Å². The molecule has 0 atom stereocenters. The number of nitrogens with one attached hydrogen (secondary N) is 1. The van der Waals surface area contributed by atoms with Crippen molar-refractivity contribution < 1.29 is 27.0 Å². The summed E-state index contributed by atoms with van der Waals surface area (Å²) in [4.78, 5) is 2.51. The molecule has 1 heterocycles. The molecule has 1 aromatic carbocycles. The minimum atomic E-state index is -1.72. The minimum Gasteiger partial charge on any atom is -0.493 e. The molecule has 2 aromatic rings. The molecule has 1 aromatic heterocycles. The number of halogens is 4. The normalized spacial score (nSPS) is 10.5. The first-order valence-corrected chi connectivity index (χ1v) is 7.21. The Morgan fingerprint density at radius 1 is 1.08 bits per heavy atom. The predicted octanol–water partition coefficient (Wildman–Crippen LogP) is 4.00. The van der Waals surface area contributed by atoms with Gasteiger partial charge >= 0.3 is 0 Å². The van der Waals surface area contributed by atoms with E-state index in [9.17, 15) is 17.6 Å². The molecular weight excluding hydrogens is 340 g/mol. The highest BCUT2D eigenvalue weighted by Crippen LogP contribution is 2.33. The quantitative estimate of drug-likeness (QED) is 0.463. The smallest absolute Gasteiger partial charge is 0.253 e. The monoisotopic (exact) mass is 356 g/mol. The molecule has 2 rings (SSSR count). The first-order valence-electron chi connectivity index (χ1n) is 7.21. The fraction of sp³-hybridized carbons (Fsp3) is 0.235. The van der Waals surface area contributed by atoms with Crippen LogP contribution in [-0.4, -0.2) is 19.2 Å². The molecule has 0 fully saturated rings. The van der Waals surface area contributed by atoms with Crippen LogP contribution in [0, 0.1) is 23.5 Å². The van der Waals surface area contributed by atoms with Gasteiger partial charge in [0, 0.05) is 12.1 Å². The van der Waals surface area contributed by atoms with Gasteiger partial charge in [-0.2, -0.15) is 22.5 Å². The van der Waals surface area contributed by atoms with E-state index < -0.39 is 29.2 Å². The van der Waals surface area contributed by atoms with Gasteiger partial charge in [-0.15, -0.1) is 6.58 Å². The van der Waals surface area contributed by atoms with E-state index in [1.165, 1.54) is 14.2 Å². The maximum absolute atomic E-state index is 13.6. The predicted molar refractivity (Wildman–Crippen MR) is 84.8 cm³/mol. The van der Waals surface area contributed by atoms with Gasteiger partial charge in [-0.3, -0.25) is 0 Å². The molecule has 134 valence electrons. The Kier molecular flexibility index (Phi) is 5.84. The summed E-state index contributed by atoms with van der Waals surface area (Å²) in [6.07, 6.45) is 2.12. The van der Waals surface area contributed by atoms with Crippen molar-refractivity contribution in [2.45, 2.75) is 13.0 Å². The number of ether oxygens (including phenoxy) is 2. The van der Waals surface area contributed by atoms with E-state index in [0.29, 0.717) is 23.5 Å². The van der Waals surface area contributed by atoms with Crippen molar-refractivity contribution in [3.05, 3.63) is 59.4 Å². The number of nitrogens with zero attached hydrogens (tertiary/aromatic N) is 1. The highest BCUT2D eigenvalue weighted by molar-refractivity contribution is 5.52. The molecule has 0 aliphatic heterocycles. The number of methoxy groups -OCH3 is 2. The van der Waals surface area contributed by atoms with Crippen molar-refractivity contribution in [1.29, 1.82) is 0 Å². The van der Waals surface area contributed by atoms with Crippen LogP contribution in [0.5, 0.6) is 11.5 Å². The molecule has 0 aliphatic rings. The zero-order chi connectivity index (χ0) is 18.6. The summed E-state index contributed by atoms with van der Waals surface area (Å²) in [6.45, 7) is 3.54. The number of rotatable bonds is 7. The Bertz CT molecular complexity index is 771. The minimum absolute atomic E-state index is 0.110. The summed E-state index contributed by atoms with van der Waals surface area (Å²) in [6, 6.07) is 3.29. The van der Waals surface area contributed by atoms with Gasteiger partial charge in [0.2, 0.25) is 11.6 Å². The first-order chi connectivity index (χ1) is 11.9. The number of hydrogen-bond acceptors (Lipinski definition) is 4. The van der Waals surface area contributed by atoms with Crippen LogP contribution >= 0.6 is 0 Å². The van der Waals surface area contributed by atoms with Gasteiger partial charge in [-0.05, 0) is 24.1 Å². The Hall–Kier alpha value is -2.77. The average Bonchev–Trinajstić information content (AvgIpc) is 2.59. The molecule has 0 spiro atoms. The zero-order valence-electron chi connectivity index (χ0n) is 13.6. The Balaban J connectivity index is 2.36. The molecule has 0 saturated heterocycles. The van der Waals surface area contributed by atoms with Crippen LogP contribution in [0.1, 0.15) is 11.1 Å². The molecule has 25 heavy (non-hydrogen) atoms. The van der Waals surface area contributed by atoms with Gasteiger partial charge in [0.15, 0.2) is 11.5 Å². The summed E-state index contributed by atoms with van der Waals surface area (Å²) in [7, 11) is 2.93. The third-order valence-electron chi connectivity index (χ3n) is 3.45. The Labute approximate surface area is 142 Å². The van der Waals surface area contributed by atoms with Crippen molar-refractivity contribution in [3.63, 3.8) is 0 Å². The number of hydrogen-bond donors (Lipinski definition) is 1. The van der Waals surface area contributed by atoms with Gasteiger partial charge in [0.1, 0.15) is 5.69 Å². The maximum atomic E-state index is 13.6. The third-order valence-corrected chi connectivity index (χ3v) is 3.45. The van der Waals surface area contributed by atoms with Crippen LogP contribution in [0.4, 0.5) is 23.2 Å². The van der Waals surface area contributed by atoms with E-state index in [0.717, 1.165) is 5.56 Å². The van der Waals surface area contributed by atoms with Crippen LogP contribution in [0.3, 0.4) is 0 Å². The van der Waals surface area contributed by atoms with Crippen molar-refractivity contribution >= 4 is 5.69 Å². The SMILES string of the molecule is C=CCc1cc(CNc2c(F)c(F)nc(F)c2F)cc(OC)c1OC. The summed E-state index contributed by atoms with van der Waals surface area (Å²) in [5.41, 5.74) is 0.373. The number of aromatic nitrogens is 1. The molecule has 0 saturated carbocycles. The van der Waals surface area contributed by atoms with E-state index in [1.807, 2.05) is 0 Å².